The Bertz CT molecular complexity index is 941. The highest BCUT2D eigenvalue weighted by Crippen LogP contribution is 2.44. The summed E-state index contributed by atoms with van der Waals surface area (Å²) in [5, 5.41) is 0. The highest BCUT2D eigenvalue weighted by molar-refractivity contribution is 9.10. The molecule has 11 nitrogen and oxygen atoms in total. The second-order valence-electron chi connectivity index (χ2n) is 10.8. The van der Waals surface area contributed by atoms with Gasteiger partial charge >= 0.3 is 17.9 Å². The van der Waals surface area contributed by atoms with Gasteiger partial charge in [-0.15, -0.1) is 0 Å². The van der Waals surface area contributed by atoms with E-state index in [4.69, 9.17) is 23.7 Å². The van der Waals surface area contributed by atoms with E-state index in [2.05, 4.69) is 28.6 Å². The predicted molar refractivity (Wildman–Crippen MR) is 139 cm³/mol. The molecule has 0 N–H and O–H groups in total. The Labute approximate surface area is 235 Å². The van der Waals surface area contributed by atoms with Gasteiger partial charge in [-0.1, -0.05) is 28.1 Å². The number of imide groups is 1. The molecule has 38 heavy (non-hydrogen) atoms. The monoisotopic (exact) mass is 619 g/mol. The van der Waals surface area contributed by atoms with Crippen molar-refractivity contribution in [2.45, 2.75) is 55.9 Å². The summed E-state index contributed by atoms with van der Waals surface area (Å²) >= 11 is 7.36. The van der Waals surface area contributed by atoms with E-state index < -0.39 is 50.8 Å². The average molecular weight is 621 g/mol. The first-order valence-electron chi connectivity index (χ1n) is 12.3. The molecule has 0 radical (unpaired) electrons. The molecule has 2 amide bonds. The fourth-order valence-corrected chi connectivity index (χ4v) is 4.35. The van der Waals surface area contributed by atoms with Crippen molar-refractivity contribution in [3.8, 4) is 0 Å². The minimum absolute atomic E-state index is 0.00150. The number of carbonyl (C=O) groups excluding carboxylic acids is 5. The first kappa shape index (κ1) is 30.6. The second kappa shape index (κ2) is 11.6. The number of alkyl halides is 1. The standard InChI is InChI=1S/C25H34BrNO10S/c1-23(2,26)20(30)35-12-25(5,13-36-21(31)24(3,4)38)22(32)34-11-10-33-9-8-27-18(28)16-14-6-7-15(37-14)17(16)19(27)29/h6-7,14-17,38H,8-13H2,1-5H3/t14?,15?,16-,17+,25?. The Kier molecular flexibility index (Phi) is 9.37. The van der Waals surface area contributed by atoms with Crippen LogP contribution >= 0.6 is 28.6 Å². The largest absolute Gasteiger partial charge is 0.463 e. The molecule has 0 aromatic carbocycles. The third kappa shape index (κ3) is 6.78. The lowest BCUT2D eigenvalue weighted by Gasteiger charge is -2.29. The molecule has 5 atom stereocenters. The minimum Gasteiger partial charge on any atom is -0.463 e. The number of hydrogen-bond donors (Lipinski definition) is 1. The van der Waals surface area contributed by atoms with Crippen LogP contribution in [-0.4, -0.2) is 95.5 Å². The molecule has 3 heterocycles. The molecule has 3 aliphatic rings. The Morgan fingerprint density at radius 2 is 1.39 bits per heavy atom. The second-order valence-corrected chi connectivity index (χ2v) is 13.9. The smallest absolute Gasteiger partial charge is 0.322 e. The molecule has 13 heteroatoms. The molecular weight excluding hydrogens is 586 g/mol. The van der Waals surface area contributed by atoms with Crippen LogP contribution in [-0.2, 0) is 47.7 Å². The lowest BCUT2D eigenvalue weighted by Crippen LogP contribution is -2.43. The van der Waals surface area contributed by atoms with Gasteiger partial charge in [0, 0.05) is 0 Å². The zero-order valence-corrected chi connectivity index (χ0v) is 24.5. The molecule has 0 saturated carbocycles. The summed E-state index contributed by atoms with van der Waals surface area (Å²) in [5.74, 6) is -3.48. The van der Waals surface area contributed by atoms with Gasteiger partial charge in [0.15, 0.2) is 0 Å². The van der Waals surface area contributed by atoms with E-state index in [1.54, 1.807) is 27.7 Å². The van der Waals surface area contributed by atoms with Gasteiger partial charge in [0.2, 0.25) is 11.8 Å². The predicted octanol–water partition coefficient (Wildman–Crippen LogP) is 1.46. The fraction of sp³-hybridized carbons (Fsp3) is 0.720. The van der Waals surface area contributed by atoms with E-state index in [9.17, 15) is 24.0 Å². The summed E-state index contributed by atoms with van der Waals surface area (Å²) in [6.07, 6.45) is 2.94. The van der Waals surface area contributed by atoms with Gasteiger partial charge in [-0.25, -0.2) is 0 Å². The molecule has 2 fully saturated rings. The summed E-state index contributed by atoms with van der Waals surface area (Å²) in [4.78, 5) is 63.7. The van der Waals surface area contributed by atoms with Crippen LogP contribution in [0, 0.1) is 17.3 Å². The van der Waals surface area contributed by atoms with Crippen LogP contribution in [0.5, 0.6) is 0 Å². The van der Waals surface area contributed by atoms with Crippen molar-refractivity contribution in [1.82, 2.24) is 4.90 Å². The van der Waals surface area contributed by atoms with E-state index in [0.717, 1.165) is 0 Å². The number of nitrogens with zero attached hydrogens (tertiary/aromatic N) is 1. The van der Waals surface area contributed by atoms with Crippen LogP contribution in [0.4, 0.5) is 0 Å². The number of esters is 3. The normalized spacial score (nSPS) is 25.8. The first-order chi connectivity index (χ1) is 17.6. The van der Waals surface area contributed by atoms with Crippen molar-refractivity contribution in [1.29, 1.82) is 0 Å². The van der Waals surface area contributed by atoms with Crippen LogP contribution in [0.3, 0.4) is 0 Å². The molecular formula is C25H34BrNO10S. The lowest BCUT2D eigenvalue weighted by molar-refractivity contribution is -0.172. The number of rotatable bonds is 13. The van der Waals surface area contributed by atoms with Crippen molar-refractivity contribution in [3.63, 3.8) is 0 Å². The maximum Gasteiger partial charge on any atom is 0.322 e. The topological polar surface area (TPSA) is 135 Å². The van der Waals surface area contributed by atoms with E-state index in [1.807, 2.05) is 12.2 Å². The summed E-state index contributed by atoms with van der Waals surface area (Å²) in [6.45, 7) is 6.96. The summed E-state index contributed by atoms with van der Waals surface area (Å²) in [5.41, 5.74) is -1.48. The van der Waals surface area contributed by atoms with Crippen LogP contribution in [0.25, 0.3) is 0 Å². The van der Waals surface area contributed by atoms with Crippen LogP contribution < -0.4 is 0 Å². The Morgan fingerprint density at radius 1 is 0.868 bits per heavy atom. The van der Waals surface area contributed by atoms with Gasteiger partial charge in [0.25, 0.3) is 0 Å². The molecule has 212 valence electrons. The maximum absolute atomic E-state index is 12.9. The highest BCUT2D eigenvalue weighted by Gasteiger charge is 2.60. The fourth-order valence-electron chi connectivity index (χ4n) is 4.17. The molecule has 3 aliphatic heterocycles. The quantitative estimate of drug-likeness (QED) is 0.0614. The molecule has 2 bridgehead atoms. The SMILES string of the molecule is CC(C)(S)C(=O)OCC(C)(COC(=O)C(C)(C)Br)C(=O)OCCOCCN1C(=O)[C@@H]2C3C=CC(O3)[C@@H]2C1=O. The maximum atomic E-state index is 12.9. The average Bonchev–Trinajstić information content (AvgIpc) is 3.51. The van der Waals surface area contributed by atoms with Crippen molar-refractivity contribution < 1.29 is 47.7 Å². The number of likely N-dealkylation sites (tertiary alicyclic amines) is 1. The van der Waals surface area contributed by atoms with Crippen LogP contribution in [0.2, 0.25) is 0 Å². The van der Waals surface area contributed by atoms with Crippen LogP contribution in [0.1, 0.15) is 34.6 Å². The van der Waals surface area contributed by atoms with E-state index in [0.29, 0.717) is 0 Å². The summed E-state index contributed by atoms with van der Waals surface area (Å²) < 4.78 is 24.8. The van der Waals surface area contributed by atoms with Crippen molar-refractivity contribution in [3.05, 3.63) is 12.2 Å². The lowest BCUT2D eigenvalue weighted by atomic mass is 9.85. The molecule has 0 aromatic heterocycles. The van der Waals surface area contributed by atoms with E-state index >= 15 is 0 Å². The van der Waals surface area contributed by atoms with Gasteiger partial charge in [-0.2, -0.15) is 12.6 Å². The van der Waals surface area contributed by atoms with E-state index in [1.165, 1.54) is 11.8 Å². The number of ether oxygens (including phenoxy) is 5. The molecule has 0 aromatic rings. The third-order valence-electron chi connectivity index (χ3n) is 6.44. The Morgan fingerprint density at radius 3 is 1.89 bits per heavy atom. The Hall–Kier alpha value is -1.96. The van der Waals surface area contributed by atoms with Crippen molar-refractivity contribution >= 4 is 58.3 Å². The number of halogens is 1. The first-order valence-corrected chi connectivity index (χ1v) is 13.5. The molecule has 3 unspecified atom stereocenters. The molecule has 3 rings (SSSR count). The number of thiol groups is 1. The van der Waals surface area contributed by atoms with Crippen LogP contribution in [0.15, 0.2) is 12.2 Å². The van der Waals surface area contributed by atoms with Gasteiger partial charge < -0.3 is 23.7 Å². The number of carbonyl (C=O) groups is 5. The van der Waals surface area contributed by atoms with Gasteiger partial charge in [-0.05, 0) is 34.6 Å². The number of fused-ring (bicyclic) bond motifs is 5. The van der Waals surface area contributed by atoms with Crippen molar-refractivity contribution in [2.24, 2.45) is 17.3 Å². The summed E-state index contributed by atoms with van der Waals surface area (Å²) in [6, 6.07) is 0. The van der Waals surface area contributed by atoms with Gasteiger partial charge in [-0.3, -0.25) is 28.9 Å². The number of hydrogen-bond acceptors (Lipinski definition) is 11. The molecule has 2 saturated heterocycles. The highest BCUT2D eigenvalue weighted by atomic mass is 79.9. The molecule has 0 spiro atoms. The van der Waals surface area contributed by atoms with E-state index in [-0.39, 0.29) is 57.0 Å². The molecule has 0 aliphatic carbocycles. The zero-order valence-electron chi connectivity index (χ0n) is 22.1. The van der Waals surface area contributed by atoms with Gasteiger partial charge in [0.05, 0.1) is 43.8 Å². The number of amides is 2. The zero-order chi connectivity index (χ0) is 28.5. The van der Waals surface area contributed by atoms with Crippen molar-refractivity contribution in [2.75, 3.05) is 39.6 Å². The minimum atomic E-state index is -1.48. The Balaban J connectivity index is 1.45. The van der Waals surface area contributed by atoms with Gasteiger partial charge in [0.1, 0.15) is 34.3 Å². The third-order valence-corrected chi connectivity index (χ3v) is 6.95. The summed E-state index contributed by atoms with van der Waals surface area (Å²) in [7, 11) is 0.